The van der Waals surface area contributed by atoms with E-state index >= 15 is 4.11 Å². The second-order valence-corrected chi connectivity index (χ2v) is 19.1. The van der Waals surface area contributed by atoms with Crippen LogP contribution in [0.25, 0.3) is 0 Å². The normalized spacial score (nSPS) is 24.1. The maximum atomic E-state index is 16.5. The largest absolute Gasteiger partial charge is 0.394 e. The van der Waals surface area contributed by atoms with Gasteiger partial charge in [-0.15, -0.1) is 0 Å². The Morgan fingerprint density at radius 2 is 1.69 bits per heavy atom. The highest BCUT2D eigenvalue weighted by atomic mass is 79.9. The predicted octanol–water partition coefficient (Wildman–Crippen LogP) is 7.36. The lowest BCUT2D eigenvalue weighted by molar-refractivity contribution is -0.151. The molecule has 51 heavy (non-hydrogen) atoms. The Balaban J connectivity index is 1.16. The summed E-state index contributed by atoms with van der Waals surface area (Å²) in [6.07, 6.45) is -0.395. The first-order valence-electron chi connectivity index (χ1n) is 17.3. The van der Waals surface area contributed by atoms with Crippen LogP contribution in [-0.2, 0) is 39.4 Å². The summed E-state index contributed by atoms with van der Waals surface area (Å²) in [7, 11) is -3.51. The van der Waals surface area contributed by atoms with Crippen molar-refractivity contribution < 1.29 is 28.3 Å². The Bertz CT molecular complexity index is 1970. The van der Waals surface area contributed by atoms with Crippen molar-refractivity contribution in [1.29, 1.82) is 0 Å². The highest BCUT2D eigenvalue weighted by molar-refractivity contribution is 9.10. The van der Waals surface area contributed by atoms with Gasteiger partial charge in [-0.3, -0.25) is 14.4 Å². The van der Waals surface area contributed by atoms with Crippen LogP contribution in [0.1, 0.15) is 46.0 Å². The van der Waals surface area contributed by atoms with Crippen LogP contribution in [0.4, 0.5) is 15.5 Å². The van der Waals surface area contributed by atoms with E-state index in [-0.39, 0.29) is 37.3 Å². The molecule has 3 heterocycles. The first-order valence-corrected chi connectivity index (χ1v) is 21.1. The molecule has 0 bridgehead atoms. The summed E-state index contributed by atoms with van der Waals surface area (Å²) in [6, 6.07) is 29.4. The fourth-order valence-electron chi connectivity index (χ4n) is 8.38. The number of benzene rings is 4. The zero-order valence-corrected chi connectivity index (χ0v) is 31.4. The van der Waals surface area contributed by atoms with Crippen LogP contribution in [0, 0.1) is 5.92 Å². The van der Waals surface area contributed by atoms with E-state index in [1.807, 2.05) is 79.7 Å². The fraction of sp³-hybridized carbons (Fsp3) is 0.325. The van der Waals surface area contributed by atoms with Crippen LogP contribution in [0.5, 0.6) is 0 Å². The van der Waals surface area contributed by atoms with Gasteiger partial charge in [-0.25, -0.2) is 0 Å². The molecule has 4 aromatic carbocycles. The van der Waals surface area contributed by atoms with Crippen LogP contribution < -0.4 is 10.2 Å². The monoisotopic (exact) mass is 769 g/mol. The van der Waals surface area contributed by atoms with E-state index in [9.17, 15) is 19.5 Å². The lowest BCUT2D eigenvalue weighted by atomic mass is 9.82. The molecule has 11 heteroatoms. The van der Waals surface area contributed by atoms with Gasteiger partial charge in [-0.05, 0) is 78.7 Å². The molecule has 2 N–H and O–H groups in total. The number of halogens is 2. The number of aliphatic hydroxyl groups excluding tert-OH is 1. The summed E-state index contributed by atoms with van der Waals surface area (Å²) >= 11 is 3.59. The SMILES string of the molecule is C[C@@H]1[C@@H]([Si](C)(C)F)[C@H](CC(=O)N2Cc3ccccc3C[C@H]2CO)O[C@@]12C(=O)N(Cc1ccc(NC(=O)c3ccccc3)cc1)c1ccc(Br)cc12. The number of nitrogens with one attached hydrogen (secondary N) is 1. The lowest BCUT2D eigenvalue weighted by Crippen LogP contribution is -2.48. The Hall–Kier alpha value is -4.16. The smallest absolute Gasteiger partial charge is 0.264 e. The Morgan fingerprint density at radius 1 is 1.00 bits per heavy atom. The number of aliphatic hydroxyl groups is 1. The molecule has 264 valence electrons. The number of hydrogen-bond donors (Lipinski definition) is 2. The molecule has 0 unspecified atom stereocenters. The Morgan fingerprint density at radius 3 is 2.37 bits per heavy atom. The molecule has 0 aromatic heterocycles. The van der Waals surface area contributed by atoms with E-state index < -0.39 is 37.6 Å². The van der Waals surface area contributed by atoms with Crippen molar-refractivity contribution in [2.75, 3.05) is 16.8 Å². The summed E-state index contributed by atoms with van der Waals surface area (Å²) < 4.78 is 24.1. The topological polar surface area (TPSA) is 99.2 Å². The first-order chi connectivity index (χ1) is 24.4. The minimum atomic E-state index is -3.51. The van der Waals surface area contributed by atoms with Crippen LogP contribution in [-0.4, -0.2) is 54.9 Å². The average Bonchev–Trinajstić information content (AvgIpc) is 3.54. The average molecular weight is 771 g/mol. The van der Waals surface area contributed by atoms with E-state index in [0.29, 0.717) is 35.5 Å². The van der Waals surface area contributed by atoms with Gasteiger partial charge in [-0.2, -0.15) is 0 Å². The van der Waals surface area contributed by atoms with E-state index in [1.165, 1.54) is 0 Å². The van der Waals surface area contributed by atoms with Crippen molar-refractivity contribution in [1.82, 2.24) is 4.90 Å². The Kier molecular flexibility index (Phi) is 9.51. The number of hydrogen-bond acceptors (Lipinski definition) is 5. The molecule has 4 aromatic rings. The highest BCUT2D eigenvalue weighted by Gasteiger charge is 2.67. The summed E-state index contributed by atoms with van der Waals surface area (Å²) in [5.41, 5.74) is 3.33. The molecule has 0 saturated carbocycles. The summed E-state index contributed by atoms with van der Waals surface area (Å²) in [4.78, 5) is 44.9. The van der Waals surface area contributed by atoms with Crippen molar-refractivity contribution in [2.45, 2.75) is 69.2 Å². The van der Waals surface area contributed by atoms with Gasteiger partial charge in [0.1, 0.15) is 0 Å². The fourth-order valence-corrected chi connectivity index (χ4v) is 11.2. The Labute approximate surface area is 306 Å². The number of nitrogens with zero attached hydrogens (tertiary/aromatic N) is 2. The second-order valence-electron chi connectivity index (χ2n) is 14.4. The third-order valence-electron chi connectivity index (χ3n) is 10.8. The van der Waals surface area contributed by atoms with Gasteiger partial charge in [-0.1, -0.05) is 77.5 Å². The molecule has 0 aliphatic carbocycles. The van der Waals surface area contributed by atoms with Crippen molar-refractivity contribution >= 4 is 53.4 Å². The summed E-state index contributed by atoms with van der Waals surface area (Å²) in [5.74, 6) is -1.29. The molecular weight excluding hydrogens is 729 g/mol. The maximum Gasteiger partial charge on any atom is 0.264 e. The molecule has 0 radical (unpaired) electrons. The zero-order chi connectivity index (χ0) is 36.1. The summed E-state index contributed by atoms with van der Waals surface area (Å²) in [5, 5.41) is 13.2. The number of rotatable bonds is 8. The minimum absolute atomic E-state index is 0.0947. The molecule has 3 aliphatic heterocycles. The van der Waals surface area contributed by atoms with Gasteiger partial charge in [0.25, 0.3) is 11.8 Å². The van der Waals surface area contributed by atoms with E-state index in [0.717, 1.165) is 21.2 Å². The van der Waals surface area contributed by atoms with E-state index in [2.05, 4.69) is 21.2 Å². The van der Waals surface area contributed by atoms with Crippen LogP contribution >= 0.6 is 15.9 Å². The van der Waals surface area contributed by atoms with E-state index in [4.69, 9.17) is 4.74 Å². The number of anilines is 2. The van der Waals surface area contributed by atoms with Crippen molar-refractivity contribution in [3.63, 3.8) is 0 Å². The van der Waals surface area contributed by atoms with Gasteiger partial charge in [0.05, 0.1) is 37.4 Å². The standard InChI is InChI=1S/C40H41BrFN3O5Si/c1-25-37(51(2,3)42)35(21-36(47)44-23-29-12-8-7-11-28(29)19-32(44)24-46)50-40(25)33-20-30(41)15-18-34(33)45(39(40)49)22-26-13-16-31(17-14-26)43-38(48)27-9-5-4-6-10-27/h4-18,20,25,32,35,37,46H,19,21-24H2,1-3H3,(H,43,48)/t25-,32+,35+,37-,40+/m1/s1. The van der Waals surface area contributed by atoms with Gasteiger partial charge < -0.3 is 29.1 Å². The highest BCUT2D eigenvalue weighted by Crippen LogP contribution is 2.60. The number of fused-ring (bicyclic) bond motifs is 3. The molecule has 3 amide bonds. The molecule has 3 aliphatic rings. The molecule has 1 fully saturated rings. The second kappa shape index (κ2) is 13.8. The van der Waals surface area contributed by atoms with Crippen LogP contribution in [0.15, 0.2) is 102 Å². The lowest BCUT2D eigenvalue weighted by Gasteiger charge is -2.37. The zero-order valence-electron chi connectivity index (χ0n) is 28.8. The molecule has 5 atom stereocenters. The molecule has 7 rings (SSSR count). The van der Waals surface area contributed by atoms with Crippen LogP contribution in [0.2, 0.25) is 18.6 Å². The van der Waals surface area contributed by atoms with Gasteiger partial charge >= 0.3 is 0 Å². The number of carbonyl (C=O) groups is 3. The first kappa shape index (κ1) is 35.2. The third kappa shape index (κ3) is 6.45. The summed E-state index contributed by atoms with van der Waals surface area (Å²) in [6.45, 7) is 5.53. The number of ether oxygens (including phenoxy) is 1. The number of amides is 3. The van der Waals surface area contributed by atoms with Crippen LogP contribution in [0.3, 0.4) is 0 Å². The molecule has 1 spiro atoms. The van der Waals surface area contributed by atoms with Gasteiger partial charge in [0.2, 0.25) is 14.3 Å². The van der Waals surface area contributed by atoms with Gasteiger partial charge in [0, 0.05) is 39.3 Å². The van der Waals surface area contributed by atoms with Crippen molar-refractivity contribution in [3.8, 4) is 0 Å². The predicted molar refractivity (Wildman–Crippen MR) is 200 cm³/mol. The van der Waals surface area contributed by atoms with E-state index in [1.54, 1.807) is 47.2 Å². The molecule has 1 saturated heterocycles. The quantitative estimate of drug-likeness (QED) is 0.144. The third-order valence-corrected chi connectivity index (χ3v) is 13.7. The number of carbonyl (C=O) groups excluding carboxylic acids is 3. The minimum Gasteiger partial charge on any atom is -0.394 e. The van der Waals surface area contributed by atoms with Gasteiger partial charge in [0.15, 0.2) is 5.60 Å². The maximum absolute atomic E-state index is 16.5. The molecular formula is C40H41BrFN3O5Si. The molecule has 8 nitrogen and oxygen atoms in total. The van der Waals surface area contributed by atoms with Crippen molar-refractivity contribution in [2.24, 2.45) is 5.92 Å². The van der Waals surface area contributed by atoms with Crippen molar-refractivity contribution in [3.05, 3.63) is 129 Å².